The van der Waals surface area contributed by atoms with Crippen LogP contribution in [0.1, 0.15) is 30.7 Å². The van der Waals surface area contributed by atoms with E-state index in [1.54, 1.807) is 35.4 Å². The van der Waals surface area contributed by atoms with Crippen LogP contribution in [0.15, 0.2) is 71.3 Å². The van der Waals surface area contributed by atoms with Gasteiger partial charge in [0.2, 0.25) is 5.91 Å². The maximum Gasteiger partial charge on any atom is 0.322 e. The van der Waals surface area contributed by atoms with Gasteiger partial charge in [-0.2, -0.15) is 0 Å². The molecule has 0 spiro atoms. The molecule has 6 nitrogen and oxygen atoms in total. The second-order valence-corrected chi connectivity index (χ2v) is 8.53. The van der Waals surface area contributed by atoms with Crippen LogP contribution in [-0.4, -0.2) is 34.8 Å². The van der Waals surface area contributed by atoms with Crippen molar-refractivity contribution in [2.24, 2.45) is 5.92 Å². The number of hydrogen-bond donors (Lipinski definition) is 1. The van der Waals surface area contributed by atoms with E-state index in [1.165, 1.54) is 17.0 Å². The quantitative estimate of drug-likeness (QED) is 0.471. The molecule has 0 saturated heterocycles. The lowest BCUT2D eigenvalue weighted by Gasteiger charge is -2.28. The molecule has 33 heavy (non-hydrogen) atoms. The van der Waals surface area contributed by atoms with E-state index < -0.39 is 0 Å². The third-order valence-corrected chi connectivity index (χ3v) is 5.07. The highest BCUT2D eigenvalue weighted by molar-refractivity contribution is 5.92. The van der Waals surface area contributed by atoms with Gasteiger partial charge in [0.25, 0.3) is 0 Å². The van der Waals surface area contributed by atoms with Crippen LogP contribution >= 0.6 is 0 Å². The molecule has 1 heterocycles. The number of rotatable bonds is 9. The highest BCUT2D eigenvalue weighted by atomic mass is 19.1. The zero-order chi connectivity index (χ0) is 23.8. The fourth-order valence-corrected chi connectivity index (χ4v) is 3.40. The minimum Gasteiger partial charge on any atom is -0.467 e. The normalized spacial score (nSPS) is 10.8. The summed E-state index contributed by atoms with van der Waals surface area (Å²) in [5.74, 6) is 0.246. The number of nitrogens with zero attached hydrogens (tertiary/aromatic N) is 2. The Morgan fingerprint density at radius 1 is 0.970 bits per heavy atom. The topological polar surface area (TPSA) is 65.8 Å². The number of anilines is 1. The Morgan fingerprint density at radius 3 is 2.27 bits per heavy atom. The van der Waals surface area contributed by atoms with Crippen LogP contribution < -0.4 is 5.32 Å². The van der Waals surface area contributed by atoms with E-state index in [0.29, 0.717) is 18.0 Å². The highest BCUT2D eigenvalue weighted by Gasteiger charge is 2.23. The Balaban J connectivity index is 1.75. The summed E-state index contributed by atoms with van der Waals surface area (Å²) in [6, 6.07) is 16.7. The molecule has 7 heteroatoms. The number of halogens is 1. The molecule has 0 bridgehead atoms. The van der Waals surface area contributed by atoms with Crippen LogP contribution in [0, 0.1) is 18.7 Å². The third-order valence-electron chi connectivity index (χ3n) is 5.07. The molecule has 0 aliphatic heterocycles. The zero-order valence-corrected chi connectivity index (χ0v) is 19.3. The van der Waals surface area contributed by atoms with Crippen LogP contribution in [0.2, 0.25) is 0 Å². The second kappa shape index (κ2) is 11.3. The van der Waals surface area contributed by atoms with Gasteiger partial charge in [-0.25, -0.2) is 9.18 Å². The summed E-state index contributed by atoms with van der Waals surface area (Å²) in [5, 5.41) is 2.88. The Hall–Kier alpha value is -3.61. The van der Waals surface area contributed by atoms with Gasteiger partial charge < -0.3 is 19.5 Å². The molecule has 0 aliphatic rings. The summed E-state index contributed by atoms with van der Waals surface area (Å²) < 4.78 is 18.8. The van der Waals surface area contributed by atoms with E-state index in [-0.39, 0.29) is 43.3 Å². The molecule has 0 fully saturated rings. The van der Waals surface area contributed by atoms with Crippen LogP contribution in [0.3, 0.4) is 0 Å². The lowest BCUT2D eigenvalue weighted by atomic mass is 10.2. The van der Waals surface area contributed by atoms with Crippen molar-refractivity contribution < 1.29 is 18.4 Å². The number of benzene rings is 2. The molecule has 0 aliphatic carbocycles. The first-order valence-corrected chi connectivity index (χ1v) is 11.0. The van der Waals surface area contributed by atoms with E-state index >= 15 is 0 Å². The lowest BCUT2D eigenvalue weighted by molar-refractivity contribution is -0.133. The maximum absolute atomic E-state index is 13.3. The van der Waals surface area contributed by atoms with Crippen molar-refractivity contribution in [3.8, 4) is 0 Å². The van der Waals surface area contributed by atoms with Crippen molar-refractivity contribution in [3.63, 3.8) is 0 Å². The van der Waals surface area contributed by atoms with Gasteiger partial charge in [-0.15, -0.1) is 0 Å². The maximum atomic E-state index is 13.3. The first-order valence-electron chi connectivity index (χ1n) is 11.0. The highest BCUT2D eigenvalue weighted by Crippen LogP contribution is 2.14. The van der Waals surface area contributed by atoms with Gasteiger partial charge in [-0.3, -0.25) is 4.79 Å². The van der Waals surface area contributed by atoms with Gasteiger partial charge in [0, 0.05) is 18.8 Å². The number of amides is 3. The van der Waals surface area contributed by atoms with Crippen molar-refractivity contribution >= 4 is 17.6 Å². The van der Waals surface area contributed by atoms with E-state index in [1.807, 2.05) is 45.0 Å². The Kier molecular flexibility index (Phi) is 8.24. The number of carbonyl (C=O) groups is 2. The van der Waals surface area contributed by atoms with Gasteiger partial charge in [-0.1, -0.05) is 43.7 Å². The summed E-state index contributed by atoms with van der Waals surface area (Å²) >= 11 is 0. The van der Waals surface area contributed by atoms with E-state index in [2.05, 4.69) is 5.32 Å². The minimum atomic E-state index is -0.335. The first kappa shape index (κ1) is 24.0. The van der Waals surface area contributed by atoms with Crippen molar-refractivity contribution in [1.82, 2.24) is 9.80 Å². The largest absolute Gasteiger partial charge is 0.467 e. The molecular weight excluding hydrogens is 421 g/mol. The van der Waals surface area contributed by atoms with Gasteiger partial charge >= 0.3 is 6.03 Å². The Bertz CT molecular complexity index is 1030. The monoisotopic (exact) mass is 451 g/mol. The molecule has 1 aromatic heterocycles. The number of urea groups is 1. The summed E-state index contributed by atoms with van der Waals surface area (Å²) in [4.78, 5) is 29.4. The molecule has 0 radical (unpaired) electrons. The SMILES string of the molecule is Cc1ccc(NC(=O)N(CC(=O)N(Cc2ccc(F)cc2)Cc2ccco2)CC(C)C)cc1. The Labute approximate surface area is 194 Å². The van der Waals surface area contributed by atoms with Gasteiger partial charge in [0.15, 0.2) is 0 Å². The standard InChI is InChI=1S/C26H30FN3O3/c1-19(2)15-30(26(32)28-23-12-6-20(3)7-13-23)18-25(31)29(17-24-5-4-14-33-24)16-21-8-10-22(27)11-9-21/h4-14,19H,15-18H2,1-3H3,(H,28,32). The van der Waals surface area contributed by atoms with Gasteiger partial charge in [0.1, 0.15) is 18.1 Å². The lowest BCUT2D eigenvalue weighted by Crippen LogP contribution is -2.45. The average molecular weight is 452 g/mol. The van der Waals surface area contributed by atoms with Crippen LogP contribution in [0.5, 0.6) is 0 Å². The van der Waals surface area contributed by atoms with Crippen LogP contribution in [-0.2, 0) is 17.9 Å². The fourth-order valence-electron chi connectivity index (χ4n) is 3.40. The third kappa shape index (κ3) is 7.49. The predicted molar refractivity (Wildman–Crippen MR) is 126 cm³/mol. The molecule has 2 aromatic carbocycles. The van der Waals surface area contributed by atoms with Crippen molar-refractivity contribution in [2.45, 2.75) is 33.9 Å². The summed E-state index contributed by atoms with van der Waals surface area (Å²) in [7, 11) is 0. The number of aryl methyl sites for hydroxylation is 1. The molecular formula is C26H30FN3O3. The second-order valence-electron chi connectivity index (χ2n) is 8.53. The van der Waals surface area contributed by atoms with Crippen LogP contribution in [0.25, 0.3) is 0 Å². The summed E-state index contributed by atoms with van der Waals surface area (Å²) in [6.45, 7) is 6.83. The van der Waals surface area contributed by atoms with Crippen molar-refractivity contribution in [3.05, 3.63) is 89.6 Å². The average Bonchev–Trinajstić information content (AvgIpc) is 3.28. The number of carbonyl (C=O) groups excluding carboxylic acids is 2. The van der Waals surface area contributed by atoms with Gasteiger partial charge in [0.05, 0.1) is 12.8 Å². The Morgan fingerprint density at radius 2 is 1.67 bits per heavy atom. The van der Waals surface area contributed by atoms with E-state index in [4.69, 9.17) is 4.42 Å². The molecule has 174 valence electrons. The number of nitrogens with one attached hydrogen (secondary N) is 1. The molecule has 0 atom stereocenters. The smallest absolute Gasteiger partial charge is 0.322 e. The molecule has 1 N–H and O–H groups in total. The van der Waals surface area contributed by atoms with Crippen molar-refractivity contribution in [2.75, 3.05) is 18.4 Å². The summed E-state index contributed by atoms with van der Waals surface area (Å²) in [6.07, 6.45) is 1.55. The minimum absolute atomic E-state index is 0.0855. The molecule has 0 saturated carbocycles. The van der Waals surface area contributed by atoms with Crippen molar-refractivity contribution in [1.29, 1.82) is 0 Å². The number of hydrogen-bond acceptors (Lipinski definition) is 3. The first-order chi connectivity index (χ1) is 15.8. The van der Waals surface area contributed by atoms with E-state index in [9.17, 15) is 14.0 Å². The fraction of sp³-hybridized carbons (Fsp3) is 0.308. The molecule has 3 amide bonds. The molecule has 0 unspecified atom stereocenters. The van der Waals surface area contributed by atoms with Crippen LogP contribution in [0.4, 0.5) is 14.9 Å². The summed E-state index contributed by atoms with van der Waals surface area (Å²) in [5.41, 5.74) is 2.55. The number of furan rings is 1. The predicted octanol–water partition coefficient (Wildman–Crippen LogP) is 5.45. The van der Waals surface area contributed by atoms with E-state index in [0.717, 1.165) is 11.1 Å². The van der Waals surface area contributed by atoms with Gasteiger partial charge in [-0.05, 0) is 54.8 Å². The zero-order valence-electron chi connectivity index (χ0n) is 19.3. The molecule has 3 aromatic rings. The molecule has 3 rings (SSSR count).